The second kappa shape index (κ2) is 9.83. The van der Waals surface area contributed by atoms with Crippen molar-refractivity contribution in [2.24, 2.45) is 0 Å². The Bertz CT molecular complexity index is 867. The standard InChI is InChI=1S/C21H22ClF3N2O2S/c22-16-10-5-4-7-14(16)13-27(20(29)21(23,24)25)18(17-11-6-12-30-17)19(28)26-15-8-2-1-3-9-15/h4-7,10-12,15,18H,1-3,8-9,13H2,(H,26,28)/t18-/m0/s1. The van der Waals surface area contributed by atoms with Crippen LogP contribution in [0.15, 0.2) is 41.8 Å². The molecular formula is C21H22ClF3N2O2S. The van der Waals surface area contributed by atoms with Gasteiger partial charge in [0.2, 0.25) is 5.91 Å². The van der Waals surface area contributed by atoms with Crippen molar-refractivity contribution in [2.45, 2.75) is 56.9 Å². The van der Waals surface area contributed by atoms with E-state index in [4.69, 9.17) is 11.6 Å². The largest absolute Gasteiger partial charge is 0.471 e. The third-order valence-corrected chi connectivity index (χ3v) is 6.42. The smallest absolute Gasteiger partial charge is 0.351 e. The van der Waals surface area contributed by atoms with E-state index in [0.29, 0.717) is 15.3 Å². The van der Waals surface area contributed by atoms with Gasteiger partial charge in [0.1, 0.15) is 6.04 Å². The van der Waals surface area contributed by atoms with Crippen LogP contribution in [0.5, 0.6) is 0 Å². The van der Waals surface area contributed by atoms with Gasteiger partial charge in [-0.05, 0) is 35.9 Å². The zero-order chi connectivity index (χ0) is 21.7. The number of alkyl halides is 3. The summed E-state index contributed by atoms with van der Waals surface area (Å²) in [6.07, 6.45) is -0.575. The van der Waals surface area contributed by atoms with Crippen molar-refractivity contribution in [1.29, 1.82) is 0 Å². The van der Waals surface area contributed by atoms with E-state index in [2.05, 4.69) is 5.32 Å². The van der Waals surface area contributed by atoms with Crippen LogP contribution in [0.3, 0.4) is 0 Å². The van der Waals surface area contributed by atoms with Crippen LogP contribution < -0.4 is 5.32 Å². The topological polar surface area (TPSA) is 49.4 Å². The summed E-state index contributed by atoms with van der Waals surface area (Å²) in [5.41, 5.74) is 0.337. The van der Waals surface area contributed by atoms with E-state index in [1.54, 1.807) is 35.7 Å². The molecule has 30 heavy (non-hydrogen) atoms. The Morgan fingerprint density at radius 3 is 2.43 bits per heavy atom. The van der Waals surface area contributed by atoms with Crippen LogP contribution in [0.2, 0.25) is 5.02 Å². The highest BCUT2D eigenvalue weighted by Gasteiger charge is 2.47. The minimum atomic E-state index is -5.12. The predicted molar refractivity (Wildman–Crippen MR) is 110 cm³/mol. The van der Waals surface area contributed by atoms with E-state index in [1.165, 1.54) is 6.07 Å². The summed E-state index contributed by atoms with van der Waals surface area (Å²) >= 11 is 7.27. The first-order valence-corrected chi connectivity index (χ1v) is 11.0. The molecule has 1 fully saturated rings. The molecule has 1 atom stereocenters. The van der Waals surface area contributed by atoms with Gasteiger partial charge >= 0.3 is 12.1 Å². The highest BCUT2D eigenvalue weighted by molar-refractivity contribution is 7.10. The van der Waals surface area contributed by atoms with Crippen molar-refractivity contribution in [1.82, 2.24) is 10.2 Å². The molecule has 4 nitrogen and oxygen atoms in total. The first kappa shape index (κ1) is 22.6. The Morgan fingerprint density at radius 1 is 1.13 bits per heavy atom. The minimum Gasteiger partial charge on any atom is -0.351 e. The van der Waals surface area contributed by atoms with Crippen molar-refractivity contribution >= 4 is 34.8 Å². The van der Waals surface area contributed by atoms with Crippen molar-refractivity contribution in [3.05, 3.63) is 57.2 Å². The number of halogens is 4. The van der Waals surface area contributed by atoms with Gasteiger partial charge < -0.3 is 10.2 Å². The molecule has 1 aliphatic rings. The lowest BCUT2D eigenvalue weighted by Gasteiger charge is -2.33. The third kappa shape index (κ3) is 5.55. The molecule has 2 amide bonds. The van der Waals surface area contributed by atoms with Gasteiger partial charge in [0.15, 0.2) is 0 Å². The summed E-state index contributed by atoms with van der Waals surface area (Å²) < 4.78 is 40.4. The lowest BCUT2D eigenvalue weighted by Crippen LogP contribution is -2.49. The van der Waals surface area contributed by atoms with Crippen LogP contribution in [0.4, 0.5) is 13.2 Å². The average molecular weight is 459 g/mol. The van der Waals surface area contributed by atoms with Crippen LogP contribution in [-0.2, 0) is 16.1 Å². The summed E-state index contributed by atoms with van der Waals surface area (Å²) in [5.74, 6) is -2.67. The number of carbonyl (C=O) groups is 2. The summed E-state index contributed by atoms with van der Waals surface area (Å²) in [5, 5.41) is 4.77. The zero-order valence-corrected chi connectivity index (χ0v) is 17.7. The molecule has 1 aromatic carbocycles. The molecule has 1 N–H and O–H groups in total. The summed E-state index contributed by atoms with van der Waals surface area (Å²) in [6, 6.07) is 8.08. The first-order valence-electron chi connectivity index (χ1n) is 9.72. The maximum atomic E-state index is 13.5. The van der Waals surface area contributed by atoms with Crippen LogP contribution in [0.25, 0.3) is 0 Å². The number of amides is 2. The molecule has 1 aliphatic carbocycles. The Kier molecular flexibility index (Phi) is 7.41. The molecule has 2 aromatic rings. The number of rotatable bonds is 6. The van der Waals surface area contributed by atoms with Gasteiger partial charge in [-0.3, -0.25) is 9.59 Å². The average Bonchev–Trinajstić information content (AvgIpc) is 3.22. The lowest BCUT2D eigenvalue weighted by molar-refractivity contribution is -0.189. The summed E-state index contributed by atoms with van der Waals surface area (Å²) in [7, 11) is 0. The van der Waals surface area contributed by atoms with Gasteiger partial charge in [-0.15, -0.1) is 11.3 Å². The van der Waals surface area contributed by atoms with E-state index in [1.807, 2.05) is 0 Å². The zero-order valence-electron chi connectivity index (χ0n) is 16.1. The monoisotopic (exact) mass is 458 g/mol. The molecule has 0 bridgehead atoms. The quantitative estimate of drug-likeness (QED) is 0.623. The first-order chi connectivity index (χ1) is 14.3. The molecule has 162 valence electrons. The van der Waals surface area contributed by atoms with E-state index < -0.39 is 30.6 Å². The van der Waals surface area contributed by atoms with Gasteiger partial charge in [-0.1, -0.05) is 55.1 Å². The Hall–Kier alpha value is -2.06. The summed E-state index contributed by atoms with van der Waals surface area (Å²) in [6.45, 7) is -0.432. The van der Waals surface area contributed by atoms with E-state index in [-0.39, 0.29) is 11.1 Å². The van der Waals surface area contributed by atoms with Gasteiger partial charge in [0.05, 0.1) is 0 Å². The second-order valence-electron chi connectivity index (χ2n) is 7.28. The van der Waals surface area contributed by atoms with Crippen molar-refractivity contribution in [3.8, 4) is 0 Å². The van der Waals surface area contributed by atoms with Crippen LogP contribution >= 0.6 is 22.9 Å². The van der Waals surface area contributed by atoms with Crippen LogP contribution in [-0.4, -0.2) is 28.9 Å². The van der Waals surface area contributed by atoms with Gasteiger partial charge in [0.25, 0.3) is 0 Å². The Morgan fingerprint density at radius 2 is 1.83 bits per heavy atom. The molecule has 0 saturated heterocycles. The molecule has 1 saturated carbocycles. The number of hydrogen-bond acceptors (Lipinski definition) is 3. The number of nitrogens with one attached hydrogen (secondary N) is 1. The lowest BCUT2D eigenvalue weighted by atomic mass is 9.95. The molecule has 1 aromatic heterocycles. The van der Waals surface area contributed by atoms with E-state index in [0.717, 1.165) is 43.4 Å². The number of thiophene rings is 1. The molecule has 3 rings (SSSR count). The van der Waals surface area contributed by atoms with Crippen LogP contribution in [0.1, 0.15) is 48.6 Å². The molecule has 0 aliphatic heterocycles. The van der Waals surface area contributed by atoms with Gasteiger partial charge in [0, 0.05) is 22.5 Å². The molecular weight excluding hydrogens is 437 g/mol. The third-order valence-electron chi connectivity index (χ3n) is 5.13. The predicted octanol–water partition coefficient (Wildman–Crippen LogP) is 5.48. The number of benzene rings is 1. The Labute approximate surface area is 182 Å². The van der Waals surface area contributed by atoms with Crippen LogP contribution in [0, 0.1) is 0 Å². The molecule has 0 spiro atoms. The number of carbonyl (C=O) groups excluding carboxylic acids is 2. The fourth-order valence-electron chi connectivity index (χ4n) is 3.65. The fourth-order valence-corrected chi connectivity index (χ4v) is 4.68. The highest BCUT2D eigenvalue weighted by atomic mass is 35.5. The maximum Gasteiger partial charge on any atom is 0.471 e. The van der Waals surface area contributed by atoms with Crippen molar-refractivity contribution in [3.63, 3.8) is 0 Å². The molecule has 1 heterocycles. The van der Waals surface area contributed by atoms with Crippen molar-refractivity contribution in [2.75, 3.05) is 0 Å². The normalized spacial score (nSPS) is 16.1. The van der Waals surface area contributed by atoms with E-state index in [9.17, 15) is 22.8 Å². The molecule has 0 unspecified atom stereocenters. The second-order valence-corrected chi connectivity index (χ2v) is 8.67. The fraction of sp³-hybridized carbons (Fsp3) is 0.429. The number of hydrogen-bond donors (Lipinski definition) is 1. The number of nitrogens with zero attached hydrogens (tertiary/aromatic N) is 1. The highest BCUT2D eigenvalue weighted by Crippen LogP contribution is 2.33. The molecule has 0 radical (unpaired) electrons. The van der Waals surface area contributed by atoms with Gasteiger partial charge in [-0.25, -0.2) is 0 Å². The van der Waals surface area contributed by atoms with Gasteiger partial charge in [-0.2, -0.15) is 13.2 Å². The van der Waals surface area contributed by atoms with Crippen molar-refractivity contribution < 1.29 is 22.8 Å². The minimum absolute atomic E-state index is 0.100. The maximum absolute atomic E-state index is 13.5. The summed E-state index contributed by atoms with van der Waals surface area (Å²) in [4.78, 5) is 26.5. The molecule has 9 heteroatoms. The Balaban J connectivity index is 1.96. The SMILES string of the molecule is O=C(NC1CCCCC1)[C@H](c1cccs1)N(Cc1ccccc1Cl)C(=O)C(F)(F)F. The van der Waals surface area contributed by atoms with E-state index >= 15 is 0 Å².